The Hall–Kier alpha value is -3.10. The second-order valence-corrected chi connectivity index (χ2v) is 3.97. The number of aromatic carboxylic acids is 1. The predicted molar refractivity (Wildman–Crippen MR) is 69.4 cm³/mol. The number of nitro groups is 1. The van der Waals surface area contributed by atoms with Crippen molar-refractivity contribution >= 4 is 17.3 Å². The van der Waals surface area contributed by atoms with E-state index in [0.29, 0.717) is 11.8 Å². The molecule has 9 heteroatoms. The minimum atomic E-state index is -1.57. The van der Waals surface area contributed by atoms with Gasteiger partial charge in [0.15, 0.2) is 0 Å². The summed E-state index contributed by atoms with van der Waals surface area (Å²) in [7, 11) is 0. The third-order valence-electron chi connectivity index (χ3n) is 2.62. The van der Waals surface area contributed by atoms with Crippen LogP contribution in [0.25, 0.3) is 0 Å². The Morgan fingerprint density at radius 3 is 2.81 bits per heavy atom. The van der Waals surface area contributed by atoms with Crippen LogP contribution < -0.4 is 5.32 Å². The molecular weight excluding hydrogens is 283 g/mol. The van der Waals surface area contributed by atoms with E-state index in [9.17, 15) is 19.3 Å². The number of hydrogen-bond acceptors (Lipinski definition) is 6. The fraction of sp³-hybridized carbons (Fsp3) is 0.0833. The van der Waals surface area contributed by atoms with Gasteiger partial charge in [0.25, 0.3) is 5.69 Å². The van der Waals surface area contributed by atoms with Crippen molar-refractivity contribution < 1.29 is 19.2 Å². The van der Waals surface area contributed by atoms with E-state index >= 15 is 0 Å². The molecule has 1 heterocycles. The van der Waals surface area contributed by atoms with Crippen molar-refractivity contribution in [3.05, 3.63) is 57.9 Å². The lowest BCUT2D eigenvalue weighted by atomic mass is 10.1. The highest BCUT2D eigenvalue weighted by atomic mass is 19.1. The van der Waals surface area contributed by atoms with Crippen LogP contribution in [0, 0.1) is 15.9 Å². The minimum absolute atomic E-state index is 0.106. The van der Waals surface area contributed by atoms with Crippen molar-refractivity contribution in [1.82, 2.24) is 9.97 Å². The average Bonchev–Trinajstić information content (AvgIpc) is 2.45. The number of carboxylic acid groups (broad SMARTS) is 1. The van der Waals surface area contributed by atoms with E-state index in [1.807, 2.05) is 0 Å². The van der Waals surface area contributed by atoms with Gasteiger partial charge in [-0.05, 0) is 6.07 Å². The molecule has 0 fully saturated rings. The van der Waals surface area contributed by atoms with Gasteiger partial charge in [-0.15, -0.1) is 0 Å². The molecule has 0 amide bonds. The van der Waals surface area contributed by atoms with Crippen molar-refractivity contribution in [2.75, 3.05) is 5.32 Å². The van der Waals surface area contributed by atoms with Crippen LogP contribution in [0.2, 0.25) is 0 Å². The molecule has 0 saturated heterocycles. The third-order valence-corrected chi connectivity index (χ3v) is 2.62. The molecule has 0 aliphatic carbocycles. The maximum Gasteiger partial charge on any atom is 0.338 e. The molecule has 0 radical (unpaired) electrons. The Balaban J connectivity index is 2.32. The Morgan fingerprint density at radius 1 is 1.48 bits per heavy atom. The van der Waals surface area contributed by atoms with Crippen LogP contribution in [0.4, 0.5) is 15.8 Å². The van der Waals surface area contributed by atoms with Gasteiger partial charge in [0.1, 0.15) is 23.4 Å². The maximum atomic E-state index is 13.6. The number of carbonyl (C=O) groups is 1. The summed E-state index contributed by atoms with van der Waals surface area (Å²) in [5.41, 5.74) is -0.861. The van der Waals surface area contributed by atoms with Gasteiger partial charge in [0, 0.05) is 18.3 Å². The third kappa shape index (κ3) is 3.26. The van der Waals surface area contributed by atoms with Gasteiger partial charge in [-0.1, -0.05) is 0 Å². The highest BCUT2D eigenvalue weighted by Gasteiger charge is 2.21. The molecule has 8 nitrogen and oxygen atoms in total. The van der Waals surface area contributed by atoms with Crippen molar-refractivity contribution in [1.29, 1.82) is 0 Å². The molecule has 2 N–H and O–H groups in total. The first-order valence-electron chi connectivity index (χ1n) is 5.69. The monoisotopic (exact) mass is 292 g/mol. The van der Waals surface area contributed by atoms with Gasteiger partial charge in [0.05, 0.1) is 17.2 Å². The van der Waals surface area contributed by atoms with Crippen LogP contribution in [-0.4, -0.2) is 26.0 Å². The predicted octanol–water partition coefficient (Wildman–Crippen LogP) is 1.83. The summed E-state index contributed by atoms with van der Waals surface area (Å²) in [6.45, 7) is 0.106. The van der Waals surface area contributed by atoms with Crippen molar-refractivity contribution in [2.45, 2.75) is 6.54 Å². The summed E-state index contributed by atoms with van der Waals surface area (Å²) in [5, 5.41) is 22.4. The van der Waals surface area contributed by atoms with Crippen LogP contribution in [0.3, 0.4) is 0 Å². The lowest BCUT2D eigenvalue weighted by Crippen LogP contribution is -2.08. The molecule has 0 bridgehead atoms. The molecule has 0 aliphatic heterocycles. The maximum absolute atomic E-state index is 13.6. The number of nitrogens with zero attached hydrogens (tertiary/aromatic N) is 3. The van der Waals surface area contributed by atoms with Crippen LogP contribution in [0.15, 0.2) is 30.7 Å². The van der Waals surface area contributed by atoms with E-state index in [2.05, 4.69) is 15.3 Å². The summed E-state index contributed by atoms with van der Waals surface area (Å²) < 4.78 is 13.6. The minimum Gasteiger partial charge on any atom is -0.478 e. The Bertz CT molecular complexity index is 693. The molecule has 1 aromatic heterocycles. The van der Waals surface area contributed by atoms with Gasteiger partial charge in [-0.25, -0.2) is 19.2 Å². The number of hydrogen-bond donors (Lipinski definition) is 2. The van der Waals surface area contributed by atoms with Gasteiger partial charge in [-0.3, -0.25) is 10.1 Å². The van der Waals surface area contributed by atoms with Gasteiger partial charge < -0.3 is 10.4 Å². The molecule has 108 valence electrons. The van der Waals surface area contributed by atoms with Crippen LogP contribution in [0.5, 0.6) is 0 Å². The number of benzene rings is 1. The van der Waals surface area contributed by atoms with Crippen LogP contribution in [-0.2, 0) is 6.54 Å². The first-order valence-corrected chi connectivity index (χ1v) is 5.69. The highest BCUT2D eigenvalue weighted by Crippen LogP contribution is 2.28. The summed E-state index contributed by atoms with van der Waals surface area (Å²) in [6.07, 6.45) is 2.80. The first-order chi connectivity index (χ1) is 9.99. The molecule has 0 saturated carbocycles. The zero-order valence-electron chi connectivity index (χ0n) is 10.5. The van der Waals surface area contributed by atoms with Crippen molar-refractivity contribution in [2.24, 2.45) is 0 Å². The SMILES string of the molecule is O=C(O)c1cc([N+](=O)[O-])c(NCc2ccncn2)cc1F. The number of rotatable bonds is 5. The topological polar surface area (TPSA) is 118 Å². The van der Waals surface area contributed by atoms with E-state index in [4.69, 9.17) is 5.11 Å². The molecule has 0 atom stereocenters. The standard InChI is InChI=1S/C12H9FN4O4/c13-9-4-10(15-5-7-1-2-14-6-16-7)11(17(20)21)3-8(9)12(18)19/h1-4,6,15H,5H2,(H,18,19). The van der Waals surface area contributed by atoms with Gasteiger partial charge in [0.2, 0.25) is 0 Å². The van der Waals surface area contributed by atoms with Crippen molar-refractivity contribution in [3.63, 3.8) is 0 Å². The fourth-order valence-electron chi connectivity index (χ4n) is 1.63. The Kier molecular flexibility index (Phi) is 4.02. The summed E-state index contributed by atoms with van der Waals surface area (Å²) in [6, 6.07) is 3.05. The van der Waals surface area contributed by atoms with Crippen LogP contribution in [0.1, 0.15) is 16.1 Å². The smallest absolute Gasteiger partial charge is 0.338 e. The zero-order chi connectivity index (χ0) is 15.4. The molecule has 21 heavy (non-hydrogen) atoms. The second kappa shape index (κ2) is 5.90. The lowest BCUT2D eigenvalue weighted by molar-refractivity contribution is -0.384. The lowest BCUT2D eigenvalue weighted by Gasteiger charge is -2.08. The summed E-state index contributed by atoms with van der Waals surface area (Å²) >= 11 is 0. The normalized spacial score (nSPS) is 10.1. The second-order valence-electron chi connectivity index (χ2n) is 3.97. The molecule has 2 rings (SSSR count). The van der Waals surface area contributed by atoms with E-state index in [1.165, 1.54) is 12.5 Å². The number of nitrogens with one attached hydrogen (secondary N) is 1. The zero-order valence-corrected chi connectivity index (χ0v) is 10.5. The largest absolute Gasteiger partial charge is 0.478 e. The summed E-state index contributed by atoms with van der Waals surface area (Å²) in [4.78, 5) is 28.6. The molecule has 1 aromatic carbocycles. The molecular formula is C12H9FN4O4. The average molecular weight is 292 g/mol. The van der Waals surface area contributed by atoms with Gasteiger partial charge >= 0.3 is 5.97 Å². The number of aromatic nitrogens is 2. The number of carboxylic acids is 1. The van der Waals surface area contributed by atoms with E-state index < -0.39 is 28.0 Å². The Labute approximate surface area is 117 Å². The van der Waals surface area contributed by atoms with E-state index in [1.54, 1.807) is 6.07 Å². The molecule has 0 spiro atoms. The van der Waals surface area contributed by atoms with Crippen LogP contribution >= 0.6 is 0 Å². The molecule has 0 unspecified atom stereocenters. The van der Waals surface area contributed by atoms with Crippen molar-refractivity contribution in [3.8, 4) is 0 Å². The van der Waals surface area contributed by atoms with Gasteiger partial charge in [-0.2, -0.15) is 0 Å². The fourth-order valence-corrected chi connectivity index (χ4v) is 1.63. The number of nitro benzene ring substituents is 1. The molecule has 0 aliphatic rings. The molecule has 2 aromatic rings. The first kappa shape index (κ1) is 14.3. The van der Waals surface area contributed by atoms with E-state index in [-0.39, 0.29) is 12.2 Å². The number of halogens is 1. The quantitative estimate of drug-likeness (QED) is 0.637. The van der Waals surface area contributed by atoms with E-state index in [0.717, 1.165) is 6.07 Å². The summed E-state index contributed by atoms with van der Waals surface area (Å²) in [5.74, 6) is -2.63. The highest BCUT2D eigenvalue weighted by molar-refractivity contribution is 5.90. The Morgan fingerprint density at radius 2 is 2.24 bits per heavy atom. The number of anilines is 1.